The number of carboxylic acid groups (broad SMARTS) is 1. The highest BCUT2D eigenvalue weighted by atomic mass is 35.5. The standard InChI is InChI=1S/C16H24ClN3O3SSi/c1-9(23-25(6,7)16(3,4)5)13-19-18-10(2)20(13)14-12(15(21)22)11(17)8-24-14/h8-9H,1-7H3,(H,21,22). The predicted molar refractivity (Wildman–Crippen MR) is 103 cm³/mol. The first-order valence-corrected chi connectivity index (χ1v) is 12.1. The van der Waals surface area contributed by atoms with Crippen molar-refractivity contribution in [2.45, 2.75) is 58.9 Å². The molecule has 0 amide bonds. The quantitative estimate of drug-likeness (QED) is 0.707. The molecular weight excluding hydrogens is 378 g/mol. The van der Waals surface area contributed by atoms with Crippen LogP contribution in [0.2, 0.25) is 23.2 Å². The summed E-state index contributed by atoms with van der Waals surface area (Å²) in [5, 5.41) is 20.3. The van der Waals surface area contributed by atoms with Crippen LogP contribution in [0.1, 0.15) is 55.8 Å². The Balaban J connectivity index is 2.49. The minimum Gasteiger partial charge on any atom is -0.478 e. The lowest BCUT2D eigenvalue weighted by atomic mass is 10.2. The van der Waals surface area contributed by atoms with Gasteiger partial charge in [0.15, 0.2) is 14.1 Å². The molecule has 25 heavy (non-hydrogen) atoms. The van der Waals surface area contributed by atoms with Gasteiger partial charge in [-0.3, -0.25) is 4.57 Å². The van der Waals surface area contributed by atoms with Crippen molar-refractivity contribution >= 4 is 37.2 Å². The zero-order chi connectivity index (χ0) is 19.2. The van der Waals surface area contributed by atoms with E-state index in [1.165, 1.54) is 11.3 Å². The van der Waals surface area contributed by atoms with E-state index in [9.17, 15) is 9.90 Å². The number of hydrogen-bond donors (Lipinski definition) is 1. The first-order chi connectivity index (χ1) is 11.4. The second-order valence-corrected chi connectivity index (χ2v) is 13.6. The number of nitrogens with zero attached hydrogens (tertiary/aromatic N) is 3. The van der Waals surface area contributed by atoms with Crippen molar-refractivity contribution in [2.75, 3.05) is 0 Å². The Hall–Kier alpha value is -1.22. The van der Waals surface area contributed by atoms with Gasteiger partial charge in [-0.2, -0.15) is 0 Å². The van der Waals surface area contributed by atoms with E-state index in [0.717, 1.165) is 0 Å². The van der Waals surface area contributed by atoms with Gasteiger partial charge in [0, 0.05) is 5.38 Å². The molecule has 0 saturated carbocycles. The average molecular weight is 402 g/mol. The largest absolute Gasteiger partial charge is 0.478 e. The number of aromatic carboxylic acids is 1. The number of aromatic nitrogens is 3. The van der Waals surface area contributed by atoms with E-state index in [1.54, 1.807) is 16.9 Å². The molecule has 6 nitrogen and oxygen atoms in total. The number of thiophene rings is 1. The van der Waals surface area contributed by atoms with Gasteiger partial charge in [-0.05, 0) is 32.0 Å². The molecule has 0 aromatic carbocycles. The lowest BCUT2D eigenvalue weighted by molar-refractivity contribution is 0.0697. The molecule has 0 aliphatic carbocycles. The van der Waals surface area contributed by atoms with Crippen LogP contribution >= 0.6 is 22.9 Å². The summed E-state index contributed by atoms with van der Waals surface area (Å²) in [5.74, 6) is 0.114. The Labute approximate surface area is 157 Å². The number of hydrogen-bond acceptors (Lipinski definition) is 5. The Morgan fingerprint density at radius 2 is 2.00 bits per heavy atom. The summed E-state index contributed by atoms with van der Waals surface area (Å²) in [6, 6.07) is 0. The predicted octanol–water partition coefficient (Wildman–Crippen LogP) is 5.07. The molecule has 0 spiro atoms. The summed E-state index contributed by atoms with van der Waals surface area (Å²) < 4.78 is 8.14. The van der Waals surface area contributed by atoms with E-state index in [1.807, 2.05) is 6.92 Å². The Bertz CT molecular complexity index is 795. The van der Waals surface area contributed by atoms with Crippen molar-refractivity contribution in [3.63, 3.8) is 0 Å². The molecule has 2 aromatic rings. The van der Waals surface area contributed by atoms with Crippen molar-refractivity contribution in [1.82, 2.24) is 14.8 Å². The molecule has 2 aromatic heterocycles. The number of halogens is 1. The van der Waals surface area contributed by atoms with Gasteiger partial charge in [-0.15, -0.1) is 21.5 Å². The number of rotatable bonds is 5. The lowest BCUT2D eigenvalue weighted by Gasteiger charge is -2.38. The van der Waals surface area contributed by atoms with Crippen molar-refractivity contribution < 1.29 is 14.3 Å². The third-order valence-corrected chi connectivity index (χ3v) is 10.6. The fourth-order valence-electron chi connectivity index (χ4n) is 2.25. The Morgan fingerprint density at radius 1 is 1.40 bits per heavy atom. The van der Waals surface area contributed by atoms with Crippen LogP contribution in [0, 0.1) is 6.92 Å². The monoisotopic (exact) mass is 401 g/mol. The van der Waals surface area contributed by atoms with Crippen LogP contribution in [-0.4, -0.2) is 34.2 Å². The molecule has 0 fully saturated rings. The maximum Gasteiger partial charge on any atom is 0.340 e. The molecule has 2 rings (SSSR count). The minimum atomic E-state index is -2.02. The van der Waals surface area contributed by atoms with Gasteiger partial charge in [0.2, 0.25) is 0 Å². The maximum absolute atomic E-state index is 11.6. The Morgan fingerprint density at radius 3 is 2.52 bits per heavy atom. The average Bonchev–Trinajstić information content (AvgIpc) is 2.99. The van der Waals surface area contributed by atoms with Crippen molar-refractivity contribution in [1.29, 1.82) is 0 Å². The maximum atomic E-state index is 11.6. The van der Waals surface area contributed by atoms with Crippen molar-refractivity contribution in [2.24, 2.45) is 0 Å². The van der Waals surface area contributed by atoms with Gasteiger partial charge in [0.1, 0.15) is 22.5 Å². The topological polar surface area (TPSA) is 77.2 Å². The number of carboxylic acids is 1. The van der Waals surface area contributed by atoms with E-state index in [0.29, 0.717) is 16.6 Å². The number of aryl methyl sites for hydroxylation is 1. The second-order valence-electron chi connectivity index (χ2n) is 7.53. The van der Waals surface area contributed by atoms with Gasteiger partial charge in [-0.25, -0.2) is 4.79 Å². The fraction of sp³-hybridized carbons (Fsp3) is 0.562. The van der Waals surface area contributed by atoms with Crippen LogP contribution in [0.3, 0.4) is 0 Å². The second kappa shape index (κ2) is 6.83. The van der Waals surface area contributed by atoms with Crippen LogP contribution in [0.4, 0.5) is 0 Å². The highest BCUT2D eigenvalue weighted by Gasteiger charge is 2.39. The van der Waals surface area contributed by atoms with E-state index in [2.05, 4.69) is 44.1 Å². The zero-order valence-corrected chi connectivity index (χ0v) is 18.1. The van der Waals surface area contributed by atoms with Crippen LogP contribution in [-0.2, 0) is 4.43 Å². The third kappa shape index (κ3) is 3.81. The van der Waals surface area contributed by atoms with Crippen LogP contribution < -0.4 is 0 Å². The van der Waals surface area contributed by atoms with Crippen LogP contribution in [0.25, 0.3) is 5.00 Å². The van der Waals surface area contributed by atoms with Crippen LogP contribution in [0.15, 0.2) is 5.38 Å². The summed E-state index contributed by atoms with van der Waals surface area (Å²) >= 11 is 7.32. The Kier molecular flexibility index (Phi) is 5.49. The highest BCUT2D eigenvalue weighted by molar-refractivity contribution is 7.13. The zero-order valence-electron chi connectivity index (χ0n) is 15.5. The molecular formula is C16H24ClN3O3SSi. The summed E-state index contributed by atoms with van der Waals surface area (Å²) in [5.41, 5.74) is 0.0651. The molecule has 0 aliphatic heterocycles. The first kappa shape index (κ1) is 20.1. The number of carbonyl (C=O) groups is 1. The molecule has 1 atom stereocenters. The molecule has 0 saturated heterocycles. The molecule has 9 heteroatoms. The van der Waals surface area contributed by atoms with E-state index < -0.39 is 14.3 Å². The summed E-state index contributed by atoms with van der Waals surface area (Å²) in [6.45, 7) is 14.6. The summed E-state index contributed by atoms with van der Waals surface area (Å²) in [4.78, 5) is 11.6. The summed E-state index contributed by atoms with van der Waals surface area (Å²) in [6.07, 6.45) is -0.315. The molecule has 0 bridgehead atoms. The molecule has 1 unspecified atom stereocenters. The molecule has 2 heterocycles. The van der Waals surface area contributed by atoms with E-state index in [4.69, 9.17) is 16.0 Å². The fourth-order valence-corrected chi connectivity index (χ4v) is 4.93. The molecule has 0 radical (unpaired) electrons. The van der Waals surface area contributed by atoms with Gasteiger partial charge >= 0.3 is 5.97 Å². The molecule has 0 aliphatic rings. The SMILES string of the molecule is Cc1nnc(C(C)O[Si](C)(C)C(C)(C)C)n1-c1scc(Cl)c1C(=O)O. The molecule has 138 valence electrons. The molecule has 1 N–H and O–H groups in total. The van der Waals surface area contributed by atoms with E-state index >= 15 is 0 Å². The highest BCUT2D eigenvalue weighted by Crippen LogP contribution is 2.40. The third-order valence-electron chi connectivity index (χ3n) is 4.63. The van der Waals surface area contributed by atoms with Gasteiger partial charge in [0.05, 0.1) is 5.02 Å². The lowest BCUT2D eigenvalue weighted by Crippen LogP contribution is -2.41. The normalized spacial score (nSPS) is 13.9. The van der Waals surface area contributed by atoms with Crippen molar-refractivity contribution in [3.8, 4) is 5.00 Å². The smallest absolute Gasteiger partial charge is 0.340 e. The minimum absolute atomic E-state index is 0.0552. The van der Waals surface area contributed by atoms with Crippen LogP contribution in [0.5, 0.6) is 0 Å². The van der Waals surface area contributed by atoms with E-state index in [-0.39, 0.29) is 21.7 Å². The van der Waals surface area contributed by atoms with Gasteiger partial charge < -0.3 is 9.53 Å². The van der Waals surface area contributed by atoms with Gasteiger partial charge in [-0.1, -0.05) is 32.4 Å². The summed E-state index contributed by atoms with van der Waals surface area (Å²) in [7, 11) is -2.02. The van der Waals surface area contributed by atoms with Gasteiger partial charge in [0.25, 0.3) is 0 Å². The van der Waals surface area contributed by atoms with Crippen molar-refractivity contribution in [3.05, 3.63) is 27.6 Å². The first-order valence-electron chi connectivity index (χ1n) is 7.97.